The molecule has 6 heteroatoms. The molecule has 0 radical (unpaired) electrons. The van der Waals surface area contributed by atoms with Gasteiger partial charge in [0, 0.05) is 12.2 Å². The zero-order valence-electron chi connectivity index (χ0n) is 10.9. The molecular weight excluding hydrogens is 256 g/mol. The Morgan fingerprint density at radius 1 is 1.35 bits per heavy atom. The van der Waals surface area contributed by atoms with E-state index in [9.17, 15) is 9.59 Å². The first-order chi connectivity index (χ1) is 9.78. The summed E-state index contributed by atoms with van der Waals surface area (Å²) in [5, 5.41) is 7.42. The number of aryl methyl sites for hydroxylation is 1. The second kappa shape index (κ2) is 5.24. The Hall–Kier alpha value is -2.50. The van der Waals surface area contributed by atoms with Gasteiger partial charge in [-0.25, -0.2) is 4.68 Å². The van der Waals surface area contributed by atoms with Crippen LogP contribution in [0.3, 0.4) is 0 Å². The molecule has 0 atom stereocenters. The van der Waals surface area contributed by atoms with Crippen molar-refractivity contribution >= 4 is 17.9 Å². The lowest BCUT2D eigenvalue weighted by Gasteiger charge is -2.29. The van der Waals surface area contributed by atoms with Crippen LogP contribution in [0.2, 0.25) is 0 Å². The highest BCUT2D eigenvalue weighted by molar-refractivity contribution is 5.94. The van der Waals surface area contributed by atoms with Crippen LogP contribution in [0.5, 0.6) is 0 Å². The van der Waals surface area contributed by atoms with Crippen molar-refractivity contribution in [1.82, 2.24) is 15.0 Å². The van der Waals surface area contributed by atoms with Crippen LogP contribution in [0, 0.1) is 0 Å². The molecule has 1 aromatic heterocycles. The van der Waals surface area contributed by atoms with E-state index in [-0.39, 0.29) is 18.1 Å². The van der Waals surface area contributed by atoms with Crippen LogP contribution >= 0.6 is 0 Å². The molecule has 102 valence electrons. The van der Waals surface area contributed by atoms with Gasteiger partial charge in [-0.05, 0) is 24.5 Å². The summed E-state index contributed by atoms with van der Waals surface area (Å²) in [5.41, 5.74) is 2.40. The summed E-state index contributed by atoms with van der Waals surface area (Å²) in [4.78, 5) is 24.7. The number of carbonyl (C=O) groups is 2. The lowest BCUT2D eigenvalue weighted by atomic mass is 10.0. The summed E-state index contributed by atoms with van der Waals surface area (Å²) in [6, 6.07) is 7.93. The van der Waals surface area contributed by atoms with Crippen molar-refractivity contribution < 1.29 is 9.59 Å². The molecule has 2 aromatic rings. The van der Waals surface area contributed by atoms with Crippen molar-refractivity contribution in [3.8, 4) is 0 Å². The summed E-state index contributed by atoms with van der Waals surface area (Å²) in [7, 11) is 0. The molecule has 1 amide bonds. The average molecular weight is 270 g/mol. The summed E-state index contributed by atoms with van der Waals surface area (Å²) < 4.78 is 1.39. The van der Waals surface area contributed by atoms with E-state index in [1.165, 1.54) is 16.4 Å². The van der Waals surface area contributed by atoms with Gasteiger partial charge in [0.05, 0.1) is 6.20 Å². The fraction of sp³-hybridized carbons (Fsp3) is 0.286. The van der Waals surface area contributed by atoms with E-state index < -0.39 is 0 Å². The Morgan fingerprint density at radius 2 is 2.20 bits per heavy atom. The molecule has 0 unspecified atom stereocenters. The molecule has 0 fully saturated rings. The Morgan fingerprint density at radius 3 is 3.00 bits per heavy atom. The normalized spacial score (nSPS) is 13.9. The number of hydrogen-bond acceptors (Lipinski definition) is 4. The van der Waals surface area contributed by atoms with Gasteiger partial charge in [0.1, 0.15) is 12.2 Å². The first kappa shape index (κ1) is 12.5. The predicted molar refractivity (Wildman–Crippen MR) is 72.5 cm³/mol. The van der Waals surface area contributed by atoms with Gasteiger partial charge < -0.3 is 4.90 Å². The number of para-hydroxylation sites is 1. The van der Waals surface area contributed by atoms with Gasteiger partial charge in [-0.1, -0.05) is 23.4 Å². The number of carbonyl (C=O) groups excluding carboxylic acids is 2. The highest BCUT2D eigenvalue weighted by atomic mass is 16.2. The summed E-state index contributed by atoms with van der Waals surface area (Å²) in [6.07, 6.45) is 4.04. The van der Waals surface area contributed by atoms with Crippen LogP contribution in [-0.4, -0.2) is 33.7 Å². The zero-order valence-corrected chi connectivity index (χ0v) is 10.9. The molecule has 3 rings (SSSR count). The average Bonchev–Trinajstić information content (AvgIpc) is 2.94. The summed E-state index contributed by atoms with van der Waals surface area (Å²) >= 11 is 0. The van der Waals surface area contributed by atoms with Gasteiger partial charge in [-0.3, -0.25) is 9.59 Å². The highest BCUT2D eigenvalue weighted by Crippen LogP contribution is 2.26. The molecule has 1 aliphatic rings. The molecule has 0 spiro atoms. The number of anilines is 1. The molecule has 0 saturated carbocycles. The molecule has 0 N–H and O–H groups in total. The topological polar surface area (TPSA) is 68.1 Å². The van der Waals surface area contributed by atoms with E-state index in [1.54, 1.807) is 4.90 Å². The van der Waals surface area contributed by atoms with E-state index in [0.717, 1.165) is 18.5 Å². The van der Waals surface area contributed by atoms with E-state index in [1.807, 2.05) is 18.2 Å². The SMILES string of the molecule is O=Cc1cn(CC(=O)N2CCCc3ccccc32)nn1. The summed E-state index contributed by atoms with van der Waals surface area (Å²) in [6.45, 7) is 0.806. The van der Waals surface area contributed by atoms with Crippen LogP contribution in [-0.2, 0) is 17.8 Å². The molecule has 0 saturated heterocycles. The molecule has 0 bridgehead atoms. The summed E-state index contributed by atoms with van der Waals surface area (Å²) in [5.74, 6) is -0.0421. The number of rotatable bonds is 3. The molecule has 1 aliphatic heterocycles. The van der Waals surface area contributed by atoms with Gasteiger partial charge in [-0.2, -0.15) is 0 Å². The van der Waals surface area contributed by atoms with Gasteiger partial charge in [-0.15, -0.1) is 5.10 Å². The van der Waals surface area contributed by atoms with Crippen LogP contribution in [0.15, 0.2) is 30.5 Å². The van der Waals surface area contributed by atoms with Crippen molar-refractivity contribution in [1.29, 1.82) is 0 Å². The fourth-order valence-corrected chi connectivity index (χ4v) is 2.46. The largest absolute Gasteiger partial charge is 0.311 e. The van der Waals surface area contributed by atoms with Crippen molar-refractivity contribution in [3.05, 3.63) is 41.7 Å². The number of aldehydes is 1. The molecule has 1 aromatic carbocycles. The number of benzene rings is 1. The fourth-order valence-electron chi connectivity index (χ4n) is 2.46. The maximum Gasteiger partial charge on any atom is 0.248 e. The minimum Gasteiger partial charge on any atom is -0.311 e. The van der Waals surface area contributed by atoms with Crippen LogP contribution in [0.25, 0.3) is 0 Å². The van der Waals surface area contributed by atoms with E-state index in [4.69, 9.17) is 0 Å². The number of nitrogens with zero attached hydrogens (tertiary/aromatic N) is 4. The van der Waals surface area contributed by atoms with Crippen LogP contribution in [0.1, 0.15) is 22.5 Å². The molecule has 20 heavy (non-hydrogen) atoms. The number of amides is 1. The van der Waals surface area contributed by atoms with Crippen LogP contribution < -0.4 is 4.90 Å². The third-order valence-electron chi connectivity index (χ3n) is 3.39. The maximum absolute atomic E-state index is 12.4. The predicted octanol–water partition coefficient (Wildman–Crippen LogP) is 1.07. The Balaban J connectivity index is 1.79. The first-order valence-corrected chi connectivity index (χ1v) is 6.51. The minimum absolute atomic E-state index is 0.0421. The Kier molecular flexibility index (Phi) is 3.28. The second-order valence-corrected chi connectivity index (χ2v) is 4.74. The Labute approximate surface area is 116 Å². The highest BCUT2D eigenvalue weighted by Gasteiger charge is 2.22. The number of aromatic nitrogens is 3. The Bertz CT molecular complexity index is 650. The maximum atomic E-state index is 12.4. The molecule has 6 nitrogen and oxygen atoms in total. The van der Waals surface area contributed by atoms with E-state index >= 15 is 0 Å². The standard InChI is InChI=1S/C14H14N4O2/c19-10-12-8-17(16-15-12)9-14(20)18-7-3-5-11-4-1-2-6-13(11)18/h1-2,4,6,8,10H,3,5,7,9H2. The van der Waals surface area contributed by atoms with Gasteiger partial charge in [0.25, 0.3) is 0 Å². The van der Waals surface area contributed by atoms with Gasteiger partial charge >= 0.3 is 0 Å². The van der Waals surface area contributed by atoms with Crippen molar-refractivity contribution in [2.45, 2.75) is 19.4 Å². The first-order valence-electron chi connectivity index (χ1n) is 6.51. The quantitative estimate of drug-likeness (QED) is 0.782. The molecule has 0 aliphatic carbocycles. The third-order valence-corrected chi connectivity index (χ3v) is 3.39. The third kappa shape index (κ3) is 2.32. The van der Waals surface area contributed by atoms with E-state index in [0.29, 0.717) is 12.8 Å². The lowest BCUT2D eigenvalue weighted by molar-refractivity contribution is -0.119. The van der Waals surface area contributed by atoms with Crippen LogP contribution in [0.4, 0.5) is 5.69 Å². The molecule has 2 heterocycles. The van der Waals surface area contributed by atoms with E-state index in [2.05, 4.69) is 16.4 Å². The zero-order chi connectivity index (χ0) is 13.9. The van der Waals surface area contributed by atoms with Crippen molar-refractivity contribution in [2.75, 3.05) is 11.4 Å². The monoisotopic (exact) mass is 270 g/mol. The number of fused-ring (bicyclic) bond motifs is 1. The lowest BCUT2D eigenvalue weighted by Crippen LogP contribution is -2.37. The molecular formula is C14H14N4O2. The van der Waals surface area contributed by atoms with Gasteiger partial charge in [0.15, 0.2) is 6.29 Å². The second-order valence-electron chi connectivity index (χ2n) is 4.74. The van der Waals surface area contributed by atoms with Gasteiger partial charge in [0.2, 0.25) is 5.91 Å². The number of hydrogen-bond donors (Lipinski definition) is 0. The van der Waals surface area contributed by atoms with Crippen molar-refractivity contribution in [3.63, 3.8) is 0 Å². The van der Waals surface area contributed by atoms with Crippen molar-refractivity contribution in [2.24, 2.45) is 0 Å². The smallest absolute Gasteiger partial charge is 0.248 e. The minimum atomic E-state index is -0.0421.